The smallest absolute Gasteiger partial charge is 0.126 e. The van der Waals surface area contributed by atoms with Crippen LogP contribution < -0.4 is 5.32 Å². The van der Waals surface area contributed by atoms with Gasteiger partial charge in [0, 0.05) is 12.0 Å². The molecule has 0 aliphatic carbocycles. The average Bonchev–Trinajstić information content (AvgIpc) is 2.48. The lowest BCUT2D eigenvalue weighted by molar-refractivity contribution is 0.467. The fraction of sp³-hybridized carbons (Fsp3) is 0.333. The normalized spacial score (nSPS) is 14.0. The molecule has 0 bridgehead atoms. The van der Waals surface area contributed by atoms with Crippen molar-refractivity contribution in [3.63, 3.8) is 0 Å². The van der Waals surface area contributed by atoms with Gasteiger partial charge in [0.2, 0.25) is 0 Å². The van der Waals surface area contributed by atoms with Gasteiger partial charge in [-0.1, -0.05) is 49.4 Å². The molecule has 0 saturated heterocycles. The molecule has 2 aromatic rings. The minimum atomic E-state index is -0.142. The van der Waals surface area contributed by atoms with Crippen LogP contribution in [0.2, 0.25) is 0 Å². The molecule has 0 aliphatic rings. The largest absolute Gasteiger partial charge is 0.312 e. The van der Waals surface area contributed by atoms with E-state index in [1.807, 2.05) is 32.2 Å². The van der Waals surface area contributed by atoms with E-state index in [-0.39, 0.29) is 11.9 Å². The van der Waals surface area contributed by atoms with E-state index in [2.05, 4.69) is 36.5 Å². The molecule has 0 fully saturated rings. The number of likely N-dealkylation sites (N-methyl/N-ethyl adjacent to an activating group) is 1. The summed E-state index contributed by atoms with van der Waals surface area (Å²) in [4.78, 5) is 0. The Labute approximate surface area is 120 Å². The van der Waals surface area contributed by atoms with Gasteiger partial charge in [-0.25, -0.2) is 4.39 Å². The van der Waals surface area contributed by atoms with Crippen LogP contribution in [0.1, 0.15) is 42.0 Å². The van der Waals surface area contributed by atoms with Crippen LogP contribution in [-0.2, 0) is 0 Å². The summed E-state index contributed by atoms with van der Waals surface area (Å²) < 4.78 is 13.5. The van der Waals surface area contributed by atoms with Crippen LogP contribution in [0.5, 0.6) is 0 Å². The lowest BCUT2D eigenvalue weighted by Crippen LogP contribution is -2.23. The van der Waals surface area contributed by atoms with Gasteiger partial charge in [0.15, 0.2) is 0 Å². The van der Waals surface area contributed by atoms with Crippen molar-refractivity contribution in [2.24, 2.45) is 0 Å². The molecule has 0 saturated carbocycles. The van der Waals surface area contributed by atoms with Gasteiger partial charge >= 0.3 is 0 Å². The van der Waals surface area contributed by atoms with E-state index in [1.165, 1.54) is 5.56 Å². The van der Waals surface area contributed by atoms with Crippen molar-refractivity contribution in [1.29, 1.82) is 0 Å². The first-order chi connectivity index (χ1) is 9.67. The Balaban J connectivity index is 2.36. The summed E-state index contributed by atoms with van der Waals surface area (Å²) in [5.74, 6) is 0.238. The van der Waals surface area contributed by atoms with Crippen LogP contribution in [0, 0.1) is 12.7 Å². The van der Waals surface area contributed by atoms with Crippen molar-refractivity contribution < 1.29 is 4.39 Å². The molecule has 2 atom stereocenters. The highest BCUT2D eigenvalue weighted by Crippen LogP contribution is 2.33. The minimum absolute atomic E-state index is 0.142. The topological polar surface area (TPSA) is 12.0 Å². The summed E-state index contributed by atoms with van der Waals surface area (Å²) in [6.07, 6.45) is 1.03. The van der Waals surface area contributed by atoms with E-state index < -0.39 is 0 Å². The van der Waals surface area contributed by atoms with E-state index in [4.69, 9.17) is 0 Å². The molecule has 2 rings (SSSR count). The maximum atomic E-state index is 13.5. The van der Waals surface area contributed by atoms with Crippen molar-refractivity contribution in [3.05, 3.63) is 71.0 Å². The van der Waals surface area contributed by atoms with Gasteiger partial charge in [-0.2, -0.15) is 0 Å². The number of benzene rings is 2. The van der Waals surface area contributed by atoms with Crippen LogP contribution in [0.4, 0.5) is 4.39 Å². The van der Waals surface area contributed by atoms with Crippen molar-refractivity contribution in [3.8, 4) is 0 Å². The van der Waals surface area contributed by atoms with E-state index in [0.29, 0.717) is 11.5 Å². The van der Waals surface area contributed by atoms with Crippen molar-refractivity contribution in [1.82, 2.24) is 5.32 Å². The van der Waals surface area contributed by atoms with E-state index in [0.717, 1.165) is 12.0 Å². The van der Waals surface area contributed by atoms with Crippen molar-refractivity contribution in [2.75, 3.05) is 7.05 Å². The second-order valence-electron chi connectivity index (χ2n) is 5.20. The highest BCUT2D eigenvalue weighted by atomic mass is 19.1. The highest BCUT2D eigenvalue weighted by molar-refractivity contribution is 5.31. The number of halogens is 1. The molecule has 2 unspecified atom stereocenters. The van der Waals surface area contributed by atoms with Crippen LogP contribution in [0.25, 0.3) is 0 Å². The fourth-order valence-corrected chi connectivity index (χ4v) is 2.83. The first-order valence-corrected chi connectivity index (χ1v) is 7.15. The van der Waals surface area contributed by atoms with Gasteiger partial charge < -0.3 is 5.32 Å². The minimum Gasteiger partial charge on any atom is -0.312 e. The molecule has 106 valence electrons. The monoisotopic (exact) mass is 271 g/mol. The molecule has 0 radical (unpaired) electrons. The van der Waals surface area contributed by atoms with Gasteiger partial charge in [-0.3, -0.25) is 0 Å². The Hall–Kier alpha value is -1.67. The molecule has 0 aromatic heterocycles. The molecule has 2 heteroatoms. The summed E-state index contributed by atoms with van der Waals surface area (Å²) in [5, 5.41) is 3.39. The molecular weight excluding hydrogens is 249 g/mol. The third-order valence-electron chi connectivity index (χ3n) is 3.92. The molecule has 0 spiro atoms. The van der Waals surface area contributed by atoms with E-state index >= 15 is 0 Å². The fourth-order valence-electron chi connectivity index (χ4n) is 2.83. The molecule has 0 amide bonds. The third kappa shape index (κ3) is 3.07. The van der Waals surface area contributed by atoms with Crippen molar-refractivity contribution >= 4 is 0 Å². The van der Waals surface area contributed by atoms with Gasteiger partial charge in [0.05, 0.1) is 0 Å². The molecule has 0 aliphatic heterocycles. The quantitative estimate of drug-likeness (QED) is 0.838. The summed E-state index contributed by atoms with van der Waals surface area (Å²) in [5.41, 5.74) is 3.16. The number of rotatable bonds is 5. The van der Waals surface area contributed by atoms with E-state index in [9.17, 15) is 4.39 Å². The molecule has 20 heavy (non-hydrogen) atoms. The molecule has 1 N–H and O–H groups in total. The van der Waals surface area contributed by atoms with Gasteiger partial charge in [-0.15, -0.1) is 0 Å². The Kier molecular flexibility index (Phi) is 4.91. The predicted molar refractivity (Wildman–Crippen MR) is 82.4 cm³/mol. The molecule has 1 nitrogen and oxygen atoms in total. The van der Waals surface area contributed by atoms with Crippen LogP contribution in [-0.4, -0.2) is 7.05 Å². The number of nitrogens with one attached hydrogen (secondary N) is 1. The zero-order valence-electron chi connectivity index (χ0n) is 12.4. The van der Waals surface area contributed by atoms with Crippen LogP contribution in [0.3, 0.4) is 0 Å². The summed E-state index contributed by atoms with van der Waals surface area (Å²) in [7, 11) is 1.97. The summed E-state index contributed by atoms with van der Waals surface area (Å²) >= 11 is 0. The molecular formula is C18H22FN. The number of hydrogen-bond acceptors (Lipinski definition) is 1. The molecule has 2 aromatic carbocycles. The second-order valence-corrected chi connectivity index (χ2v) is 5.20. The number of hydrogen-bond donors (Lipinski definition) is 1. The Bertz CT molecular complexity index is 551. The summed E-state index contributed by atoms with van der Waals surface area (Å²) in [6, 6.07) is 16.1. The summed E-state index contributed by atoms with van der Waals surface area (Å²) in [6.45, 7) is 4.01. The van der Waals surface area contributed by atoms with Gasteiger partial charge in [-0.05, 0) is 43.1 Å². The van der Waals surface area contributed by atoms with Gasteiger partial charge in [0.25, 0.3) is 0 Å². The SMILES string of the molecule is CCC(c1ccccc1)C(NC)c1ccc(F)c(C)c1. The maximum Gasteiger partial charge on any atom is 0.126 e. The third-order valence-corrected chi connectivity index (χ3v) is 3.92. The van der Waals surface area contributed by atoms with E-state index in [1.54, 1.807) is 6.07 Å². The Morgan fingerprint density at radius 1 is 1.05 bits per heavy atom. The lowest BCUT2D eigenvalue weighted by Gasteiger charge is -2.27. The molecule has 0 heterocycles. The van der Waals surface area contributed by atoms with Crippen molar-refractivity contribution in [2.45, 2.75) is 32.2 Å². The maximum absolute atomic E-state index is 13.5. The Morgan fingerprint density at radius 2 is 1.75 bits per heavy atom. The lowest BCUT2D eigenvalue weighted by atomic mass is 9.85. The predicted octanol–water partition coefficient (Wildman–Crippen LogP) is 4.59. The van der Waals surface area contributed by atoms with Crippen LogP contribution >= 0.6 is 0 Å². The number of aryl methyl sites for hydroxylation is 1. The first kappa shape index (κ1) is 14.7. The standard InChI is InChI=1S/C18H22FN/c1-4-16(14-8-6-5-7-9-14)18(20-3)15-10-11-17(19)13(2)12-15/h5-12,16,18,20H,4H2,1-3H3. The van der Waals surface area contributed by atoms with Crippen LogP contribution in [0.15, 0.2) is 48.5 Å². The zero-order valence-corrected chi connectivity index (χ0v) is 12.4. The first-order valence-electron chi connectivity index (χ1n) is 7.15. The zero-order chi connectivity index (χ0) is 14.5. The van der Waals surface area contributed by atoms with Gasteiger partial charge in [0.1, 0.15) is 5.82 Å². The second kappa shape index (κ2) is 6.67. The Morgan fingerprint density at radius 3 is 2.30 bits per heavy atom. The average molecular weight is 271 g/mol. The highest BCUT2D eigenvalue weighted by Gasteiger charge is 2.22.